The Balaban J connectivity index is 1.72. The van der Waals surface area contributed by atoms with Crippen LogP contribution in [0.4, 0.5) is 23.2 Å². The molecule has 2 heterocycles. The summed E-state index contributed by atoms with van der Waals surface area (Å²) in [6, 6.07) is 11.2. The molecule has 164 valence electrons. The third-order valence-corrected chi connectivity index (χ3v) is 5.22. The summed E-state index contributed by atoms with van der Waals surface area (Å²) in [4.78, 5) is 14.9. The van der Waals surface area contributed by atoms with Gasteiger partial charge in [-0.2, -0.15) is 23.5 Å². The van der Waals surface area contributed by atoms with Crippen LogP contribution in [0.5, 0.6) is 0 Å². The number of carbonyl (C=O) groups excluding carboxylic acids is 1. The number of hydrogen-bond donors (Lipinski definition) is 1. The van der Waals surface area contributed by atoms with Crippen LogP contribution < -0.4 is 5.32 Å². The van der Waals surface area contributed by atoms with Crippen LogP contribution >= 0.6 is 0 Å². The fourth-order valence-electron chi connectivity index (χ4n) is 3.62. The fourth-order valence-corrected chi connectivity index (χ4v) is 3.62. The van der Waals surface area contributed by atoms with E-state index in [0.29, 0.717) is 31.1 Å². The van der Waals surface area contributed by atoms with Gasteiger partial charge in [0.1, 0.15) is 11.5 Å². The van der Waals surface area contributed by atoms with Crippen molar-refractivity contribution in [1.29, 1.82) is 5.26 Å². The van der Waals surface area contributed by atoms with E-state index >= 15 is 4.39 Å². The first-order valence-corrected chi connectivity index (χ1v) is 9.65. The first kappa shape index (κ1) is 21.5. The molecule has 0 saturated carbocycles. The average molecular weight is 443 g/mol. The predicted molar refractivity (Wildman–Crippen MR) is 108 cm³/mol. The molecule has 1 N–H and O–H groups in total. The van der Waals surface area contributed by atoms with E-state index < -0.39 is 29.3 Å². The highest BCUT2D eigenvalue weighted by Crippen LogP contribution is 2.31. The lowest BCUT2D eigenvalue weighted by Crippen LogP contribution is -2.27. The van der Waals surface area contributed by atoms with Gasteiger partial charge in [-0.1, -0.05) is 12.1 Å². The van der Waals surface area contributed by atoms with Gasteiger partial charge in [-0.3, -0.25) is 4.79 Å². The van der Waals surface area contributed by atoms with Crippen LogP contribution in [0.1, 0.15) is 32.9 Å². The van der Waals surface area contributed by atoms with Crippen molar-refractivity contribution in [3.05, 3.63) is 76.4 Å². The molecule has 0 saturated heterocycles. The number of nitrogens with one attached hydrogen (secondary N) is 1. The summed E-state index contributed by atoms with van der Waals surface area (Å²) in [5.74, 6) is -1.56. The number of rotatable bonds is 3. The van der Waals surface area contributed by atoms with Gasteiger partial charge >= 0.3 is 6.18 Å². The van der Waals surface area contributed by atoms with Gasteiger partial charge in [-0.15, -0.1) is 0 Å². The lowest BCUT2D eigenvalue weighted by atomic mass is 9.98. The molecule has 0 fully saturated rings. The maximum Gasteiger partial charge on any atom is 0.435 e. The van der Waals surface area contributed by atoms with Crippen molar-refractivity contribution in [2.75, 3.05) is 18.9 Å². The number of benzene rings is 2. The Morgan fingerprint density at radius 2 is 2.00 bits per heavy atom. The van der Waals surface area contributed by atoms with Crippen LogP contribution in [0.25, 0.3) is 5.69 Å². The number of hydrogen-bond acceptors (Lipinski definition) is 4. The predicted octanol–water partition coefficient (Wildman–Crippen LogP) is 4.14. The largest absolute Gasteiger partial charge is 0.435 e. The minimum atomic E-state index is -4.80. The number of alkyl halides is 3. The van der Waals surface area contributed by atoms with E-state index in [2.05, 4.69) is 10.4 Å². The maximum absolute atomic E-state index is 15.0. The van der Waals surface area contributed by atoms with Crippen LogP contribution in [0, 0.1) is 17.1 Å². The second-order valence-electron chi connectivity index (χ2n) is 7.49. The van der Waals surface area contributed by atoms with E-state index in [0.717, 1.165) is 10.2 Å². The molecule has 1 aliphatic rings. The summed E-state index contributed by atoms with van der Waals surface area (Å²) in [7, 11) is 1.91. The van der Waals surface area contributed by atoms with E-state index in [1.165, 1.54) is 30.3 Å². The Kier molecular flexibility index (Phi) is 5.44. The number of nitrogens with zero attached hydrogens (tertiary/aromatic N) is 4. The van der Waals surface area contributed by atoms with E-state index in [-0.39, 0.29) is 16.9 Å². The van der Waals surface area contributed by atoms with Crippen LogP contribution in [-0.4, -0.2) is 34.2 Å². The summed E-state index contributed by atoms with van der Waals surface area (Å²) >= 11 is 0. The topological polar surface area (TPSA) is 74.0 Å². The Morgan fingerprint density at radius 1 is 1.22 bits per heavy atom. The van der Waals surface area contributed by atoms with Gasteiger partial charge in [0.05, 0.1) is 23.0 Å². The third-order valence-electron chi connectivity index (χ3n) is 5.22. The minimum absolute atomic E-state index is 0.0960. The molecule has 0 unspecified atom stereocenters. The Hall–Kier alpha value is -3.71. The van der Waals surface area contributed by atoms with Gasteiger partial charge in [0.15, 0.2) is 5.69 Å². The first-order valence-electron chi connectivity index (χ1n) is 9.65. The molecular weight excluding hydrogens is 426 g/mol. The van der Waals surface area contributed by atoms with Gasteiger partial charge < -0.3 is 10.2 Å². The van der Waals surface area contributed by atoms with Crippen LogP contribution in [-0.2, 0) is 19.1 Å². The molecule has 0 radical (unpaired) electrons. The number of halogens is 4. The van der Waals surface area contributed by atoms with Crippen molar-refractivity contribution in [2.45, 2.75) is 19.1 Å². The molecule has 0 spiro atoms. The molecule has 1 amide bonds. The van der Waals surface area contributed by atoms with Crippen LogP contribution in [0.2, 0.25) is 0 Å². The summed E-state index contributed by atoms with van der Waals surface area (Å²) in [6.07, 6.45) is -4.34. The van der Waals surface area contributed by atoms with E-state index in [9.17, 15) is 18.0 Å². The van der Waals surface area contributed by atoms with Crippen molar-refractivity contribution < 1.29 is 22.4 Å². The first-order chi connectivity index (χ1) is 15.2. The third kappa shape index (κ3) is 4.07. The Morgan fingerprint density at radius 3 is 2.72 bits per heavy atom. The quantitative estimate of drug-likeness (QED) is 0.618. The second-order valence-corrected chi connectivity index (χ2v) is 7.49. The SMILES string of the molecule is CN1CCc2c(ccc(NC(=O)c3cc(C(F)(F)F)nn3-c3cccc(C#N)c3)c2F)C1. The highest BCUT2D eigenvalue weighted by Gasteiger charge is 2.36. The summed E-state index contributed by atoms with van der Waals surface area (Å²) in [5.41, 5.74) is -0.282. The molecule has 0 aliphatic carbocycles. The molecule has 4 rings (SSSR count). The number of fused-ring (bicyclic) bond motifs is 1. The van der Waals surface area contributed by atoms with Crippen molar-refractivity contribution in [3.63, 3.8) is 0 Å². The fraction of sp³-hybridized carbons (Fsp3) is 0.227. The van der Waals surface area contributed by atoms with E-state index in [1.807, 2.05) is 18.0 Å². The highest BCUT2D eigenvalue weighted by atomic mass is 19.4. The Bertz CT molecular complexity index is 1240. The molecule has 2 aromatic carbocycles. The molecule has 1 aromatic heterocycles. The number of anilines is 1. The number of nitriles is 1. The molecule has 0 bridgehead atoms. The zero-order chi connectivity index (χ0) is 23.0. The normalized spacial score (nSPS) is 14.0. The zero-order valence-electron chi connectivity index (χ0n) is 16.9. The monoisotopic (exact) mass is 443 g/mol. The van der Waals surface area contributed by atoms with Gasteiger partial charge in [-0.05, 0) is 48.9 Å². The van der Waals surface area contributed by atoms with Gasteiger partial charge in [0.2, 0.25) is 0 Å². The highest BCUT2D eigenvalue weighted by molar-refractivity contribution is 6.03. The smallest absolute Gasteiger partial charge is 0.318 e. The summed E-state index contributed by atoms with van der Waals surface area (Å²) in [6.45, 7) is 1.22. The Labute approximate surface area is 180 Å². The van der Waals surface area contributed by atoms with Crippen molar-refractivity contribution >= 4 is 11.6 Å². The van der Waals surface area contributed by atoms with Crippen molar-refractivity contribution in [1.82, 2.24) is 14.7 Å². The molecule has 1 aliphatic heterocycles. The van der Waals surface area contributed by atoms with Gasteiger partial charge in [0.25, 0.3) is 5.91 Å². The molecule has 0 atom stereocenters. The average Bonchev–Trinajstić information content (AvgIpc) is 3.22. The summed E-state index contributed by atoms with van der Waals surface area (Å²) in [5, 5.41) is 15.0. The molecule has 3 aromatic rings. The van der Waals surface area contributed by atoms with Crippen LogP contribution in [0.3, 0.4) is 0 Å². The van der Waals surface area contributed by atoms with Gasteiger partial charge in [-0.25, -0.2) is 9.07 Å². The lowest BCUT2D eigenvalue weighted by molar-refractivity contribution is -0.141. The lowest BCUT2D eigenvalue weighted by Gasteiger charge is -2.26. The van der Waals surface area contributed by atoms with Crippen molar-refractivity contribution in [3.8, 4) is 11.8 Å². The van der Waals surface area contributed by atoms with Crippen LogP contribution in [0.15, 0.2) is 42.5 Å². The number of carbonyl (C=O) groups is 1. The molecule has 10 heteroatoms. The molecule has 32 heavy (non-hydrogen) atoms. The van der Waals surface area contributed by atoms with E-state index in [4.69, 9.17) is 5.26 Å². The van der Waals surface area contributed by atoms with E-state index in [1.54, 1.807) is 6.07 Å². The number of aromatic nitrogens is 2. The minimum Gasteiger partial charge on any atom is -0.318 e. The standard InChI is InChI=1S/C22H17F4N5O/c1-30-8-7-16-14(12-30)5-6-17(20(16)23)28-21(32)18-10-19(22(24,25)26)29-31(18)15-4-2-3-13(9-15)11-27/h2-6,9-10H,7-8,12H2,1H3,(H,28,32). The second kappa shape index (κ2) is 8.09. The molecule has 6 nitrogen and oxygen atoms in total. The summed E-state index contributed by atoms with van der Waals surface area (Å²) < 4.78 is 55.7. The number of amides is 1. The maximum atomic E-state index is 15.0. The number of likely N-dealkylation sites (N-methyl/N-ethyl adjacent to an activating group) is 1. The molecular formula is C22H17F4N5O. The zero-order valence-corrected chi connectivity index (χ0v) is 16.9. The van der Waals surface area contributed by atoms with Crippen molar-refractivity contribution in [2.24, 2.45) is 0 Å². The van der Waals surface area contributed by atoms with Gasteiger partial charge in [0, 0.05) is 19.2 Å².